The number of anilines is 1. The van der Waals surface area contributed by atoms with Gasteiger partial charge in [0.1, 0.15) is 5.02 Å². The van der Waals surface area contributed by atoms with Crippen molar-refractivity contribution in [3.63, 3.8) is 0 Å². The standard InChI is InChI=1S/C8H9BrClN3O/c9-5-1-2-13(3-5)7-6(10)8(14)12-4-11-7/h4-5H,1-3H2,(H,11,12,14). The smallest absolute Gasteiger partial charge is 0.271 e. The van der Waals surface area contributed by atoms with Crippen LogP contribution >= 0.6 is 27.5 Å². The molecule has 0 aromatic carbocycles. The highest BCUT2D eigenvalue weighted by Gasteiger charge is 2.23. The Balaban J connectivity index is 2.33. The van der Waals surface area contributed by atoms with Gasteiger partial charge in [0.25, 0.3) is 5.56 Å². The zero-order valence-corrected chi connectivity index (χ0v) is 9.68. The van der Waals surface area contributed by atoms with Crippen molar-refractivity contribution < 1.29 is 0 Å². The van der Waals surface area contributed by atoms with E-state index >= 15 is 0 Å². The first kappa shape index (κ1) is 9.98. The first-order valence-corrected chi connectivity index (χ1v) is 5.60. The summed E-state index contributed by atoms with van der Waals surface area (Å²) < 4.78 is 0. The second kappa shape index (κ2) is 3.90. The minimum Gasteiger partial charge on any atom is -0.354 e. The molecule has 0 amide bonds. The quantitative estimate of drug-likeness (QED) is 0.790. The van der Waals surface area contributed by atoms with Crippen LogP contribution in [0.25, 0.3) is 0 Å². The summed E-state index contributed by atoms with van der Waals surface area (Å²) in [6.07, 6.45) is 2.43. The molecule has 1 aromatic heterocycles. The maximum absolute atomic E-state index is 11.2. The molecule has 4 nitrogen and oxygen atoms in total. The third-order valence-corrected chi connectivity index (χ3v) is 3.30. The van der Waals surface area contributed by atoms with Gasteiger partial charge in [0, 0.05) is 17.9 Å². The Morgan fingerprint density at radius 1 is 1.71 bits per heavy atom. The van der Waals surface area contributed by atoms with Gasteiger partial charge in [-0.3, -0.25) is 4.79 Å². The van der Waals surface area contributed by atoms with Crippen molar-refractivity contribution in [2.24, 2.45) is 0 Å². The molecular weight excluding hydrogens is 269 g/mol. The van der Waals surface area contributed by atoms with E-state index in [2.05, 4.69) is 25.9 Å². The number of hydrogen-bond donors (Lipinski definition) is 1. The number of hydrogen-bond acceptors (Lipinski definition) is 3. The molecule has 0 saturated carbocycles. The average Bonchev–Trinajstić information content (AvgIpc) is 2.57. The van der Waals surface area contributed by atoms with Crippen LogP contribution in [-0.2, 0) is 0 Å². The maximum atomic E-state index is 11.2. The average molecular weight is 279 g/mol. The van der Waals surface area contributed by atoms with Gasteiger partial charge in [-0.2, -0.15) is 0 Å². The molecule has 6 heteroatoms. The first-order valence-electron chi connectivity index (χ1n) is 4.30. The zero-order chi connectivity index (χ0) is 10.1. The predicted octanol–water partition coefficient (Wildman–Crippen LogP) is 1.40. The number of aromatic amines is 1. The van der Waals surface area contributed by atoms with E-state index in [1.165, 1.54) is 6.33 Å². The first-order chi connectivity index (χ1) is 6.68. The number of alkyl halides is 1. The van der Waals surface area contributed by atoms with E-state index in [4.69, 9.17) is 11.6 Å². The molecule has 1 atom stereocenters. The number of aromatic nitrogens is 2. The molecule has 0 bridgehead atoms. The fourth-order valence-electron chi connectivity index (χ4n) is 1.50. The molecule has 2 heterocycles. The van der Waals surface area contributed by atoms with Gasteiger partial charge in [0.15, 0.2) is 5.82 Å². The minimum absolute atomic E-state index is 0.175. The maximum Gasteiger partial charge on any atom is 0.271 e. The van der Waals surface area contributed by atoms with Crippen molar-refractivity contribution in [2.75, 3.05) is 18.0 Å². The van der Waals surface area contributed by atoms with Gasteiger partial charge in [0.05, 0.1) is 6.33 Å². The highest BCUT2D eigenvalue weighted by atomic mass is 79.9. The van der Waals surface area contributed by atoms with Crippen LogP contribution in [0.4, 0.5) is 5.82 Å². The second-order valence-electron chi connectivity index (χ2n) is 3.20. The van der Waals surface area contributed by atoms with E-state index < -0.39 is 0 Å². The lowest BCUT2D eigenvalue weighted by molar-refractivity contribution is 0.922. The van der Waals surface area contributed by atoms with E-state index in [0.717, 1.165) is 19.5 Å². The summed E-state index contributed by atoms with van der Waals surface area (Å²) in [5, 5.41) is 0.175. The zero-order valence-electron chi connectivity index (χ0n) is 7.33. The van der Waals surface area contributed by atoms with Crippen LogP contribution in [0.2, 0.25) is 5.02 Å². The molecule has 1 saturated heterocycles. The van der Waals surface area contributed by atoms with Gasteiger partial charge in [0.2, 0.25) is 0 Å². The van der Waals surface area contributed by atoms with Gasteiger partial charge in [-0.25, -0.2) is 4.98 Å². The summed E-state index contributed by atoms with van der Waals surface area (Å²) in [7, 11) is 0. The van der Waals surface area contributed by atoms with Crippen molar-refractivity contribution in [2.45, 2.75) is 11.2 Å². The Labute approximate surface area is 94.4 Å². The molecule has 2 rings (SSSR count). The number of halogens is 2. The topological polar surface area (TPSA) is 49.0 Å². The predicted molar refractivity (Wildman–Crippen MR) is 59.4 cm³/mol. The van der Waals surface area contributed by atoms with Crippen LogP contribution in [-0.4, -0.2) is 27.9 Å². The molecule has 0 radical (unpaired) electrons. The van der Waals surface area contributed by atoms with E-state index in [9.17, 15) is 4.79 Å². The Kier molecular flexibility index (Phi) is 2.78. The van der Waals surface area contributed by atoms with E-state index in [1.807, 2.05) is 4.90 Å². The van der Waals surface area contributed by atoms with Crippen LogP contribution in [0.1, 0.15) is 6.42 Å². The van der Waals surface area contributed by atoms with Crippen LogP contribution < -0.4 is 10.5 Å². The van der Waals surface area contributed by atoms with Crippen LogP contribution in [0.3, 0.4) is 0 Å². The minimum atomic E-state index is -0.283. The Hall–Kier alpha value is -0.550. The molecule has 1 aromatic rings. The molecule has 1 N–H and O–H groups in total. The van der Waals surface area contributed by atoms with Crippen LogP contribution in [0, 0.1) is 0 Å². The summed E-state index contributed by atoms with van der Waals surface area (Å²) in [5.41, 5.74) is -0.283. The molecule has 1 fully saturated rings. The molecule has 0 aliphatic carbocycles. The Bertz CT molecular complexity index is 394. The van der Waals surface area contributed by atoms with Gasteiger partial charge in [-0.15, -0.1) is 0 Å². The van der Waals surface area contributed by atoms with Gasteiger partial charge < -0.3 is 9.88 Å². The largest absolute Gasteiger partial charge is 0.354 e. The highest BCUT2D eigenvalue weighted by Crippen LogP contribution is 2.25. The van der Waals surface area contributed by atoms with Crippen LogP contribution in [0.15, 0.2) is 11.1 Å². The molecule has 1 unspecified atom stereocenters. The fraction of sp³-hybridized carbons (Fsp3) is 0.500. The summed E-state index contributed by atoms with van der Waals surface area (Å²) in [4.78, 5) is 20.2. The molecule has 1 aliphatic rings. The second-order valence-corrected chi connectivity index (χ2v) is 4.87. The molecule has 76 valence electrons. The van der Waals surface area contributed by atoms with E-state index in [-0.39, 0.29) is 10.6 Å². The Morgan fingerprint density at radius 2 is 2.50 bits per heavy atom. The fourth-order valence-corrected chi connectivity index (χ4v) is 2.28. The summed E-state index contributed by atoms with van der Waals surface area (Å²) in [6, 6.07) is 0. The van der Waals surface area contributed by atoms with Gasteiger partial charge >= 0.3 is 0 Å². The van der Waals surface area contributed by atoms with Crippen molar-refractivity contribution in [1.29, 1.82) is 0 Å². The Morgan fingerprint density at radius 3 is 3.14 bits per heavy atom. The summed E-state index contributed by atoms with van der Waals surface area (Å²) >= 11 is 9.38. The third-order valence-electron chi connectivity index (χ3n) is 2.21. The monoisotopic (exact) mass is 277 g/mol. The summed E-state index contributed by atoms with van der Waals surface area (Å²) in [5.74, 6) is 0.581. The lowest BCUT2D eigenvalue weighted by atomic mass is 10.4. The SMILES string of the molecule is O=c1[nH]cnc(N2CCC(Br)C2)c1Cl. The van der Waals surface area contributed by atoms with Crippen molar-refractivity contribution in [3.05, 3.63) is 21.7 Å². The molecule has 1 aliphatic heterocycles. The lowest BCUT2D eigenvalue weighted by Gasteiger charge is -2.16. The van der Waals surface area contributed by atoms with Crippen molar-refractivity contribution in [3.8, 4) is 0 Å². The van der Waals surface area contributed by atoms with E-state index in [1.54, 1.807) is 0 Å². The summed E-state index contributed by atoms with van der Waals surface area (Å²) in [6.45, 7) is 1.72. The number of nitrogens with zero attached hydrogens (tertiary/aromatic N) is 2. The number of rotatable bonds is 1. The third kappa shape index (κ3) is 1.79. The lowest BCUT2D eigenvalue weighted by Crippen LogP contribution is -2.24. The molecular formula is C8H9BrClN3O. The van der Waals surface area contributed by atoms with Crippen LogP contribution in [0.5, 0.6) is 0 Å². The van der Waals surface area contributed by atoms with Crippen molar-refractivity contribution >= 4 is 33.3 Å². The van der Waals surface area contributed by atoms with Gasteiger partial charge in [-0.1, -0.05) is 27.5 Å². The molecule has 14 heavy (non-hydrogen) atoms. The number of H-pyrrole nitrogens is 1. The van der Waals surface area contributed by atoms with Crippen molar-refractivity contribution in [1.82, 2.24) is 9.97 Å². The van der Waals surface area contributed by atoms with E-state index in [0.29, 0.717) is 10.6 Å². The molecule has 0 spiro atoms. The normalized spacial score (nSPS) is 21.6. The van der Waals surface area contributed by atoms with Gasteiger partial charge in [-0.05, 0) is 6.42 Å². The number of nitrogens with one attached hydrogen (secondary N) is 1. The highest BCUT2D eigenvalue weighted by molar-refractivity contribution is 9.09.